The first-order chi connectivity index (χ1) is 5.79. The molecular weight excluding hydrogens is 146 g/mol. The number of hydrogen-bond acceptors (Lipinski definition) is 1. The van der Waals surface area contributed by atoms with Crippen molar-refractivity contribution in [1.29, 1.82) is 0 Å². The van der Waals surface area contributed by atoms with Crippen molar-refractivity contribution in [3.05, 3.63) is 29.8 Å². The van der Waals surface area contributed by atoms with Gasteiger partial charge in [-0.3, -0.25) is 0 Å². The van der Waals surface area contributed by atoms with E-state index in [1.54, 1.807) is 0 Å². The fourth-order valence-corrected chi connectivity index (χ4v) is 1.37. The van der Waals surface area contributed by atoms with Crippen molar-refractivity contribution in [2.75, 3.05) is 12.4 Å². The van der Waals surface area contributed by atoms with E-state index in [-0.39, 0.29) is 0 Å². The lowest BCUT2D eigenvalue weighted by Gasteiger charge is -2.13. The number of anilines is 1. The van der Waals surface area contributed by atoms with E-state index in [1.807, 2.05) is 7.05 Å². The Bertz CT molecular complexity index is 243. The van der Waals surface area contributed by atoms with Crippen LogP contribution in [0, 0.1) is 0 Å². The summed E-state index contributed by atoms with van der Waals surface area (Å²) in [6.45, 7) is 4.48. The Labute approximate surface area is 74.8 Å². The quantitative estimate of drug-likeness (QED) is 0.721. The van der Waals surface area contributed by atoms with Gasteiger partial charge in [0.2, 0.25) is 0 Å². The average Bonchev–Trinajstić information content (AvgIpc) is 2.16. The molecule has 1 atom stereocenters. The Morgan fingerprint density at radius 1 is 1.33 bits per heavy atom. The second-order valence-corrected chi connectivity index (χ2v) is 3.15. The van der Waals surface area contributed by atoms with Crippen molar-refractivity contribution in [2.45, 2.75) is 26.2 Å². The Kier molecular flexibility index (Phi) is 3.15. The number of nitrogens with one attached hydrogen (secondary N) is 1. The van der Waals surface area contributed by atoms with Gasteiger partial charge < -0.3 is 5.32 Å². The van der Waals surface area contributed by atoms with Crippen LogP contribution in [0.2, 0.25) is 0 Å². The van der Waals surface area contributed by atoms with E-state index in [2.05, 4.69) is 43.4 Å². The van der Waals surface area contributed by atoms with Gasteiger partial charge in [0.05, 0.1) is 0 Å². The van der Waals surface area contributed by atoms with Gasteiger partial charge in [-0.1, -0.05) is 32.0 Å². The van der Waals surface area contributed by atoms with E-state index in [0.717, 1.165) is 0 Å². The molecule has 1 heteroatoms. The summed E-state index contributed by atoms with van der Waals surface area (Å²) < 4.78 is 0. The van der Waals surface area contributed by atoms with Crippen LogP contribution in [0.5, 0.6) is 0 Å². The molecule has 1 aromatic rings. The van der Waals surface area contributed by atoms with Crippen molar-refractivity contribution < 1.29 is 0 Å². The molecule has 12 heavy (non-hydrogen) atoms. The predicted octanol–water partition coefficient (Wildman–Crippen LogP) is 3.24. The third kappa shape index (κ3) is 1.79. The van der Waals surface area contributed by atoms with E-state index in [9.17, 15) is 0 Å². The SMILES string of the molecule is CC[C@H](C)c1ccccc1NC. The zero-order chi connectivity index (χ0) is 8.97. The molecule has 0 aromatic heterocycles. The molecule has 0 amide bonds. The lowest BCUT2D eigenvalue weighted by atomic mass is 9.97. The second kappa shape index (κ2) is 4.15. The zero-order valence-corrected chi connectivity index (χ0v) is 8.09. The van der Waals surface area contributed by atoms with Crippen LogP contribution >= 0.6 is 0 Å². The number of rotatable bonds is 3. The molecule has 0 saturated carbocycles. The van der Waals surface area contributed by atoms with E-state index in [0.29, 0.717) is 5.92 Å². The van der Waals surface area contributed by atoms with Crippen molar-refractivity contribution >= 4 is 5.69 Å². The molecule has 1 nitrogen and oxygen atoms in total. The molecule has 0 heterocycles. The lowest BCUT2D eigenvalue weighted by molar-refractivity contribution is 0.735. The molecule has 0 spiro atoms. The molecule has 66 valence electrons. The molecule has 0 saturated heterocycles. The first-order valence-corrected chi connectivity index (χ1v) is 4.56. The molecule has 1 rings (SSSR count). The van der Waals surface area contributed by atoms with Crippen LogP contribution < -0.4 is 5.32 Å². The maximum atomic E-state index is 3.21. The maximum absolute atomic E-state index is 3.21. The third-order valence-electron chi connectivity index (χ3n) is 2.37. The van der Waals surface area contributed by atoms with Crippen molar-refractivity contribution in [3.8, 4) is 0 Å². The van der Waals surface area contributed by atoms with Gasteiger partial charge >= 0.3 is 0 Å². The van der Waals surface area contributed by atoms with Crippen LogP contribution in [0.1, 0.15) is 31.7 Å². The zero-order valence-electron chi connectivity index (χ0n) is 8.09. The summed E-state index contributed by atoms with van der Waals surface area (Å²) in [5.74, 6) is 0.647. The van der Waals surface area contributed by atoms with Crippen LogP contribution in [0.15, 0.2) is 24.3 Å². The Hall–Kier alpha value is -0.980. The van der Waals surface area contributed by atoms with Crippen LogP contribution in [0.25, 0.3) is 0 Å². The molecule has 0 aliphatic heterocycles. The van der Waals surface area contributed by atoms with Gasteiger partial charge in [-0.05, 0) is 24.0 Å². The summed E-state index contributed by atoms with van der Waals surface area (Å²) in [5, 5.41) is 3.21. The van der Waals surface area contributed by atoms with Gasteiger partial charge in [0.1, 0.15) is 0 Å². The molecular formula is C11H17N. The molecule has 1 aromatic carbocycles. The number of benzene rings is 1. The Morgan fingerprint density at radius 3 is 2.58 bits per heavy atom. The first kappa shape index (κ1) is 9.11. The van der Waals surface area contributed by atoms with Gasteiger partial charge in [0.15, 0.2) is 0 Å². The minimum atomic E-state index is 0.647. The fraction of sp³-hybridized carbons (Fsp3) is 0.455. The molecule has 0 aliphatic carbocycles. The smallest absolute Gasteiger partial charge is 0.0372 e. The first-order valence-electron chi connectivity index (χ1n) is 4.56. The highest BCUT2D eigenvalue weighted by molar-refractivity contribution is 5.51. The summed E-state index contributed by atoms with van der Waals surface area (Å²) in [5.41, 5.74) is 2.68. The highest BCUT2D eigenvalue weighted by Crippen LogP contribution is 2.25. The summed E-state index contributed by atoms with van der Waals surface area (Å²) in [6.07, 6.45) is 1.19. The Balaban J connectivity index is 2.96. The van der Waals surface area contributed by atoms with E-state index in [4.69, 9.17) is 0 Å². The van der Waals surface area contributed by atoms with E-state index < -0.39 is 0 Å². The number of para-hydroxylation sites is 1. The van der Waals surface area contributed by atoms with Gasteiger partial charge in [0, 0.05) is 12.7 Å². The van der Waals surface area contributed by atoms with Gasteiger partial charge in [-0.2, -0.15) is 0 Å². The normalized spacial score (nSPS) is 12.6. The van der Waals surface area contributed by atoms with E-state index >= 15 is 0 Å². The summed E-state index contributed by atoms with van der Waals surface area (Å²) in [4.78, 5) is 0. The molecule has 1 N–H and O–H groups in total. The van der Waals surface area contributed by atoms with Crippen molar-refractivity contribution in [3.63, 3.8) is 0 Å². The maximum Gasteiger partial charge on any atom is 0.0372 e. The van der Waals surface area contributed by atoms with Crippen LogP contribution in [0.3, 0.4) is 0 Å². The molecule has 0 aliphatic rings. The predicted molar refractivity (Wildman–Crippen MR) is 54.7 cm³/mol. The standard InChI is InChI=1S/C11H17N/c1-4-9(2)10-7-5-6-8-11(10)12-3/h5-9,12H,4H2,1-3H3/t9-/m0/s1. The number of hydrogen-bond donors (Lipinski definition) is 1. The van der Waals surface area contributed by atoms with Crippen LogP contribution in [-0.4, -0.2) is 7.05 Å². The molecule has 0 unspecified atom stereocenters. The minimum absolute atomic E-state index is 0.647. The molecule has 0 radical (unpaired) electrons. The fourth-order valence-electron chi connectivity index (χ4n) is 1.37. The highest BCUT2D eigenvalue weighted by Gasteiger charge is 2.05. The van der Waals surface area contributed by atoms with Crippen molar-refractivity contribution in [2.24, 2.45) is 0 Å². The van der Waals surface area contributed by atoms with Gasteiger partial charge in [0.25, 0.3) is 0 Å². The lowest BCUT2D eigenvalue weighted by Crippen LogP contribution is -1.98. The highest BCUT2D eigenvalue weighted by atomic mass is 14.8. The monoisotopic (exact) mass is 163 g/mol. The summed E-state index contributed by atoms with van der Waals surface area (Å²) in [6, 6.07) is 8.49. The van der Waals surface area contributed by atoms with Crippen LogP contribution in [0.4, 0.5) is 5.69 Å². The average molecular weight is 163 g/mol. The van der Waals surface area contributed by atoms with Gasteiger partial charge in [-0.15, -0.1) is 0 Å². The third-order valence-corrected chi connectivity index (χ3v) is 2.37. The topological polar surface area (TPSA) is 12.0 Å². The molecule has 0 fully saturated rings. The minimum Gasteiger partial charge on any atom is -0.388 e. The van der Waals surface area contributed by atoms with E-state index in [1.165, 1.54) is 17.7 Å². The second-order valence-electron chi connectivity index (χ2n) is 3.15. The summed E-state index contributed by atoms with van der Waals surface area (Å²) in [7, 11) is 1.97. The Morgan fingerprint density at radius 2 is 2.00 bits per heavy atom. The summed E-state index contributed by atoms with van der Waals surface area (Å²) >= 11 is 0. The van der Waals surface area contributed by atoms with Crippen molar-refractivity contribution in [1.82, 2.24) is 0 Å². The van der Waals surface area contributed by atoms with Gasteiger partial charge in [-0.25, -0.2) is 0 Å². The largest absolute Gasteiger partial charge is 0.388 e. The van der Waals surface area contributed by atoms with Crippen LogP contribution in [-0.2, 0) is 0 Å². The molecule has 0 bridgehead atoms.